The summed E-state index contributed by atoms with van der Waals surface area (Å²) in [7, 11) is 0. The molecule has 0 spiro atoms. The normalized spacial score (nSPS) is 14.8. The predicted molar refractivity (Wildman–Crippen MR) is 70.3 cm³/mol. The lowest BCUT2D eigenvalue weighted by Crippen LogP contribution is -2.44. The number of carbonyl (C=O) groups is 2. The molecule has 0 heterocycles. The van der Waals surface area contributed by atoms with Gasteiger partial charge in [-0.3, -0.25) is 9.59 Å². The SMILES string of the molecule is CCC(C)(C(=O)c1ccc(Cl)cc1Cl)C(=O)C(F)(F)F. The fourth-order valence-electron chi connectivity index (χ4n) is 1.71. The second-order valence-electron chi connectivity index (χ2n) is 4.47. The van der Waals surface area contributed by atoms with Crippen LogP contribution in [0.5, 0.6) is 0 Å². The van der Waals surface area contributed by atoms with Crippen LogP contribution >= 0.6 is 23.2 Å². The van der Waals surface area contributed by atoms with Crippen molar-refractivity contribution in [1.29, 1.82) is 0 Å². The van der Waals surface area contributed by atoms with E-state index in [1.165, 1.54) is 25.1 Å². The minimum atomic E-state index is -5.08. The summed E-state index contributed by atoms with van der Waals surface area (Å²) in [6.07, 6.45) is -5.37. The second-order valence-corrected chi connectivity index (χ2v) is 5.31. The molecule has 0 aliphatic rings. The molecule has 7 heteroatoms. The van der Waals surface area contributed by atoms with Crippen LogP contribution in [0.25, 0.3) is 0 Å². The molecule has 1 aromatic carbocycles. The number of benzene rings is 1. The van der Waals surface area contributed by atoms with Gasteiger partial charge < -0.3 is 0 Å². The molecule has 1 rings (SSSR count). The third kappa shape index (κ3) is 3.15. The fourth-order valence-corrected chi connectivity index (χ4v) is 2.20. The summed E-state index contributed by atoms with van der Waals surface area (Å²) in [4.78, 5) is 23.8. The number of ketones is 2. The molecule has 1 unspecified atom stereocenters. The summed E-state index contributed by atoms with van der Waals surface area (Å²) in [5.74, 6) is -3.05. The number of rotatable bonds is 4. The lowest BCUT2D eigenvalue weighted by molar-refractivity contribution is -0.178. The average Bonchev–Trinajstić information content (AvgIpc) is 2.35. The van der Waals surface area contributed by atoms with Gasteiger partial charge in [0.05, 0.1) is 10.4 Å². The maximum absolute atomic E-state index is 12.6. The molecule has 0 radical (unpaired) electrons. The molecule has 0 fully saturated rings. The van der Waals surface area contributed by atoms with E-state index in [1.807, 2.05) is 0 Å². The van der Waals surface area contributed by atoms with Crippen LogP contribution in [0.1, 0.15) is 30.6 Å². The lowest BCUT2D eigenvalue weighted by atomic mass is 9.76. The molecule has 1 atom stereocenters. The van der Waals surface area contributed by atoms with Crippen molar-refractivity contribution < 1.29 is 22.8 Å². The van der Waals surface area contributed by atoms with Crippen molar-refractivity contribution >= 4 is 34.8 Å². The first-order chi connectivity index (χ1) is 9.04. The van der Waals surface area contributed by atoms with Crippen LogP contribution in [0.3, 0.4) is 0 Å². The summed E-state index contributed by atoms with van der Waals surface area (Å²) in [6, 6.07) is 3.78. The van der Waals surface area contributed by atoms with E-state index in [9.17, 15) is 22.8 Å². The topological polar surface area (TPSA) is 34.1 Å². The minimum absolute atomic E-state index is 0.0860. The first kappa shape index (κ1) is 17.0. The number of hydrogen-bond donors (Lipinski definition) is 0. The Hall–Kier alpha value is -1.07. The minimum Gasteiger partial charge on any atom is -0.293 e. The van der Waals surface area contributed by atoms with E-state index in [2.05, 4.69) is 0 Å². The summed E-state index contributed by atoms with van der Waals surface area (Å²) in [5, 5.41) is 0.157. The Bertz CT molecular complexity index is 555. The Morgan fingerprint density at radius 3 is 2.15 bits per heavy atom. The summed E-state index contributed by atoms with van der Waals surface area (Å²) in [6.45, 7) is 2.31. The van der Waals surface area contributed by atoms with E-state index in [-0.39, 0.29) is 22.0 Å². The molecule has 0 N–H and O–H groups in total. The molecule has 0 aliphatic heterocycles. The molecule has 0 saturated carbocycles. The molecule has 20 heavy (non-hydrogen) atoms. The third-order valence-corrected chi connectivity index (χ3v) is 3.69. The summed E-state index contributed by atoms with van der Waals surface area (Å²) < 4.78 is 37.8. The zero-order chi connectivity index (χ0) is 15.7. The van der Waals surface area contributed by atoms with Gasteiger partial charge in [-0.25, -0.2) is 0 Å². The molecule has 0 amide bonds. The Balaban J connectivity index is 3.31. The number of Topliss-reactive ketones (excluding diaryl/α,β-unsaturated/α-hetero) is 2. The number of alkyl halides is 3. The van der Waals surface area contributed by atoms with E-state index < -0.39 is 23.2 Å². The molecular weight excluding hydrogens is 316 g/mol. The van der Waals surface area contributed by atoms with E-state index in [0.29, 0.717) is 0 Å². The van der Waals surface area contributed by atoms with Crippen LogP contribution < -0.4 is 0 Å². The van der Waals surface area contributed by atoms with Crippen LogP contribution in [0.4, 0.5) is 13.2 Å². The highest BCUT2D eigenvalue weighted by Gasteiger charge is 2.53. The van der Waals surface area contributed by atoms with Gasteiger partial charge in [0.25, 0.3) is 0 Å². The molecule has 0 aliphatic carbocycles. The van der Waals surface area contributed by atoms with Gasteiger partial charge in [0, 0.05) is 10.6 Å². The Labute approximate surface area is 123 Å². The quantitative estimate of drug-likeness (QED) is 0.592. The van der Waals surface area contributed by atoms with Crippen molar-refractivity contribution in [2.45, 2.75) is 26.4 Å². The maximum Gasteiger partial charge on any atom is 0.451 e. The molecule has 0 aromatic heterocycles. The lowest BCUT2D eigenvalue weighted by Gasteiger charge is -2.26. The van der Waals surface area contributed by atoms with Crippen LogP contribution in [-0.4, -0.2) is 17.7 Å². The molecular formula is C13H11Cl2F3O2. The van der Waals surface area contributed by atoms with Crippen LogP contribution in [0.15, 0.2) is 18.2 Å². The van der Waals surface area contributed by atoms with Gasteiger partial charge in [-0.05, 0) is 31.5 Å². The van der Waals surface area contributed by atoms with Gasteiger partial charge in [0.2, 0.25) is 5.78 Å². The van der Waals surface area contributed by atoms with Gasteiger partial charge in [-0.2, -0.15) is 13.2 Å². The van der Waals surface area contributed by atoms with Gasteiger partial charge in [-0.1, -0.05) is 30.1 Å². The first-order valence-electron chi connectivity index (χ1n) is 5.65. The molecule has 1 aromatic rings. The number of halogens is 5. The van der Waals surface area contributed by atoms with E-state index >= 15 is 0 Å². The molecule has 2 nitrogen and oxygen atoms in total. The molecule has 0 bridgehead atoms. The number of carbonyl (C=O) groups excluding carboxylic acids is 2. The largest absolute Gasteiger partial charge is 0.451 e. The zero-order valence-corrected chi connectivity index (χ0v) is 12.2. The fraction of sp³-hybridized carbons (Fsp3) is 0.385. The van der Waals surface area contributed by atoms with Crippen molar-refractivity contribution in [3.05, 3.63) is 33.8 Å². The average molecular weight is 327 g/mol. The van der Waals surface area contributed by atoms with Gasteiger partial charge in [0.15, 0.2) is 5.78 Å². The highest BCUT2D eigenvalue weighted by molar-refractivity contribution is 6.37. The second kappa shape index (κ2) is 5.74. The van der Waals surface area contributed by atoms with Crippen molar-refractivity contribution in [3.63, 3.8) is 0 Å². The Morgan fingerprint density at radius 1 is 1.20 bits per heavy atom. The van der Waals surface area contributed by atoms with Crippen molar-refractivity contribution in [1.82, 2.24) is 0 Å². The summed E-state index contributed by atoms with van der Waals surface area (Å²) in [5.41, 5.74) is -2.35. The van der Waals surface area contributed by atoms with Gasteiger partial charge >= 0.3 is 6.18 Å². The van der Waals surface area contributed by atoms with E-state index in [4.69, 9.17) is 23.2 Å². The summed E-state index contributed by atoms with van der Waals surface area (Å²) >= 11 is 11.5. The van der Waals surface area contributed by atoms with Crippen LogP contribution in [0.2, 0.25) is 10.0 Å². The smallest absolute Gasteiger partial charge is 0.293 e. The molecule has 0 saturated heterocycles. The van der Waals surface area contributed by atoms with E-state index in [1.54, 1.807) is 0 Å². The third-order valence-electron chi connectivity index (χ3n) is 3.14. The van der Waals surface area contributed by atoms with Crippen LogP contribution in [-0.2, 0) is 4.79 Å². The van der Waals surface area contributed by atoms with Crippen molar-refractivity contribution in [2.75, 3.05) is 0 Å². The van der Waals surface area contributed by atoms with Crippen molar-refractivity contribution in [3.8, 4) is 0 Å². The van der Waals surface area contributed by atoms with Crippen LogP contribution in [0, 0.1) is 5.41 Å². The Kier molecular flexibility index (Phi) is 4.87. The predicted octanol–water partition coefficient (Wildman–Crippen LogP) is 4.72. The highest BCUT2D eigenvalue weighted by Crippen LogP contribution is 2.37. The highest BCUT2D eigenvalue weighted by atomic mass is 35.5. The first-order valence-corrected chi connectivity index (χ1v) is 6.41. The zero-order valence-electron chi connectivity index (χ0n) is 10.6. The van der Waals surface area contributed by atoms with Gasteiger partial charge in [0.1, 0.15) is 0 Å². The van der Waals surface area contributed by atoms with Gasteiger partial charge in [-0.15, -0.1) is 0 Å². The van der Waals surface area contributed by atoms with E-state index in [0.717, 1.165) is 6.92 Å². The Morgan fingerprint density at radius 2 is 1.75 bits per heavy atom. The standard InChI is InChI=1S/C13H11Cl2F3O2/c1-3-12(2,11(20)13(16,17)18)10(19)8-5-4-7(14)6-9(8)15/h4-6H,3H2,1-2H3. The van der Waals surface area contributed by atoms with Crippen molar-refractivity contribution in [2.24, 2.45) is 5.41 Å². The number of hydrogen-bond acceptors (Lipinski definition) is 2. The monoisotopic (exact) mass is 326 g/mol. The molecule has 110 valence electrons. The maximum atomic E-state index is 12.6.